The maximum Gasteiger partial charge on any atom is 0.218 e. The number of nitrogens with one attached hydrogen (secondary N) is 1. The molecule has 8 heteroatoms. The first-order valence-corrected chi connectivity index (χ1v) is 9.86. The predicted octanol–water partition coefficient (Wildman–Crippen LogP) is 2.50. The molecular formula is C22H27N5O3. The second-order valence-electron chi connectivity index (χ2n) is 7.77. The summed E-state index contributed by atoms with van der Waals surface area (Å²) in [7, 11) is 5.20. The number of rotatable bonds is 6. The van der Waals surface area contributed by atoms with Crippen LogP contribution < -0.4 is 19.7 Å². The number of Topliss-reactive ketones (excluding diaryl/α,β-unsaturated/α-hetero) is 1. The first kappa shape index (κ1) is 21.5. The van der Waals surface area contributed by atoms with Crippen molar-refractivity contribution in [1.82, 2.24) is 15.3 Å². The monoisotopic (exact) mass is 409 g/mol. The van der Waals surface area contributed by atoms with Crippen LogP contribution in [0.15, 0.2) is 24.4 Å². The van der Waals surface area contributed by atoms with Gasteiger partial charge in [-0.1, -0.05) is 0 Å². The van der Waals surface area contributed by atoms with E-state index in [1.165, 1.54) is 13.3 Å². The summed E-state index contributed by atoms with van der Waals surface area (Å²) in [6.07, 6.45) is 2.82. The average Bonchev–Trinajstić information content (AvgIpc) is 2.76. The van der Waals surface area contributed by atoms with E-state index in [2.05, 4.69) is 28.3 Å². The highest BCUT2D eigenvalue weighted by Crippen LogP contribution is 2.33. The normalized spacial score (nSPS) is 20.9. The molecule has 2 aromatic rings. The van der Waals surface area contributed by atoms with Gasteiger partial charge in [-0.05, 0) is 38.8 Å². The van der Waals surface area contributed by atoms with Crippen molar-refractivity contribution in [2.75, 3.05) is 32.6 Å². The number of methoxy groups -OCH3 is 1. The Labute approximate surface area is 176 Å². The average molecular weight is 409 g/mol. The molecule has 1 N–H and O–H groups in total. The zero-order chi connectivity index (χ0) is 21.9. The molecule has 0 aromatic carbocycles. The fourth-order valence-corrected chi connectivity index (χ4v) is 3.54. The molecule has 1 aliphatic rings. The summed E-state index contributed by atoms with van der Waals surface area (Å²) in [6.45, 7) is 4.19. The second kappa shape index (κ2) is 8.67. The Balaban J connectivity index is 2.07. The van der Waals surface area contributed by atoms with Crippen LogP contribution in [-0.4, -0.2) is 55.1 Å². The highest BCUT2D eigenvalue weighted by atomic mass is 16.5. The third kappa shape index (κ3) is 4.07. The van der Waals surface area contributed by atoms with Crippen molar-refractivity contribution in [3.8, 4) is 17.8 Å². The van der Waals surface area contributed by atoms with E-state index in [0.29, 0.717) is 47.2 Å². The molecule has 2 aromatic heterocycles. The molecule has 1 saturated heterocycles. The molecule has 0 saturated carbocycles. The van der Waals surface area contributed by atoms with Crippen LogP contribution >= 0.6 is 0 Å². The van der Waals surface area contributed by atoms with E-state index in [-0.39, 0.29) is 11.8 Å². The van der Waals surface area contributed by atoms with E-state index >= 15 is 0 Å². The summed E-state index contributed by atoms with van der Waals surface area (Å²) >= 11 is 0. The van der Waals surface area contributed by atoms with Gasteiger partial charge in [0.05, 0.1) is 24.3 Å². The summed E-state index contributed by atoms with van der Waals surface area (Å²) in [4.78, 5) is 24.4. The second-order valence-corrected chi connectivity index (χ2v) is 7.77. The van der Waals surface area contributed by atoms with Gasteiger partial charge in [-0.25, -0.2) is 4.98 Å². The number of nitriles is 1. The van der Waals surface area contributed by atoms with Gasteiger partial charge >= 0.3 is 0 Å². The maximum absolute atomic E-state index is 13.9. The molecule has 3 rings (SSSR count). The fourth-order valence-electron chi connectivity index (χ4n) is 3.54. The van der Waals surface area contributed by atoms with Crippen molar-refractivity contribution < 1.29 is 14.3 Å². The molecule has 3 heterocycles. The van der Waals surface area contributed by atoms with Crippen molar-refractivity contribution >= 4 is 11.6 Å². The fraction of sp³-hybridized carbons (Fsp3) is 0.455. The van der Waals surface area contributed by atoms with Crippen molar-refractivity contribution in [1.29, 1.82) is 5.26 Å². The molecule has 0 spiro atoms. The Morgan fingerprint density at radius 1 is 1.37 bits per heavy atom. The van der Waals surface area contributed by atoms with E-state index in [1.807, 2.05) is 14.1 Å². The molecule has 0 bridgehead atoms. The third-order valence-corrected chi connectivity index (χ3v) is 5.43. The smallest absolute Gasteiger partial charge is 0.218 e. The number of anilines is 1. The molecule has 0 radical (unpaired) electrons. The molecule has 0 amide bonds. The van der Waals surface area contributed by atoms with Gasteiger partial charge in [0.2, 0.25) is 17.5 Å². The minimum absolute atomic E-state index is 0.177. The zero-order valence-electron chi connectivity index (χ0n) is 18.0. The van der Waals surface area contributed by atoms with Crippen molar-refractivity contribution in [3.05, 3.63) is 41.1 Å². The van der Waals surface area contributed by atoms with Crippen molar-refractivity contribution in [3.63, 3.8) is 0 Å². The Hall–Kier alpha value is -3.18. The van der Waals surface area contributed by atoms with Crippen molar-refractivity contribution in [2.45, 2.75) is 38.3 Å². The number of hydrogen-bond acceptors (Lipinski definition) is 8. The maximum atomic E-state index is 13.9. The summed E-state index contributed by atoms with van der Waals surface area (Å²) < 4.78 is 11.5. The number of ketones is 1. The van der Waals surface area contributed by atoms with Crippen LogP contribution in [0.2, 0.25) is 0 Å². The summed E-state index contributed by atoms with van der Waals surface area (Å²) in [5.74, 6) is 1.06. The number of aromatic nitrogens is 2. The lowest BCUT2D eigenvalue weighted by atomic mass is 9.83. The first-order chi connectivity index (χ1) is 14.3. The van der Waals surface area contributed by atoms with Crippen LogP contribution in [0.1, 0.15) is 41.3 Å². The minimum Gasteiger partial charge on any atom is -0.481 e. The van der Waals surface area contributed by atoms with Crippen LogP contribution in [-0.2, 0) is 0 Å². The van der Waals surface area contributed by atoms with Gasteiger partial charge in [-0.3, -0.25) is 4.79 Å². The molecule has 1 aliphatic heterocycles. The van der Waals surface area contributed by atoms with Crippen molar-refractivity contribution in [2.24, 2.45) is 0 Å². The highest BCUT2D eigenvalue weighted by Gasteiger charge is 2.45. The number of carbonyl (C=O) groups is 1. The number of ether oxygens (including phenoxy) is 2. The minimum atomic E-state index is -1.15. The quantitative estimate of drug-likeness (QED) is 0.727. The third-order valence-electron chi connectivity index (χ3n) is 5.43. The molecular weight excluding hydrogens is 382 g/mol. The van der Waals surface area contributed by atoms with Crippen LogP contribution in [0, 0.1) is 18.3 Å². The van der Waals surface area contributed by atoms with E-state index in [1.54, 1.807) is 30.0 Å². The van der Waals surface area contributed by atoms with Gasteiger partial charge in [0.1, 0.15) is 5.82 Å². The molecule has 8 nitrogen and oxygen atoms in total. The lowest BCUT2D eigenvalue weighted by Gasteiger charge is -2.39. The number of hydrogen-bond donors (Lipinski definition) is 1. The van der Waals surface area contributed by atoms with Gasteiger partial charge in [0, 0.05) is 44.5 Å². The van der Waals surface area contributed by atoms with E-state index < -0.39 is 5.60 Å². The predicted molar refractivity (Wildman–Crippen MR) is 113 cm³/mol. The van der Waals surface area contributed by atoms with E-state index in [4.69, 9.17) is 9.47 Å². The molecule has 0 aliphatic carbocycles. The van der Waals surface area contributed by atoms with Crippen LogP contribution in [0.3, 0.4) is 0 Å². The Morgan fingerprint density at radius 3 is 2.73 bits per heavy atom. The van der Waals surface area contributed by atoms with Crippen LogP contribution in [0.5, 0.6) is 11.8 Å². The largest absolute Gasteiger partial charge is 0.481 e. The summed E-state index contributed by atoms with van der Waals surface area (Å²) in [6, 6.07) is 7.44. The zero-order valence-corrected chi connectivity index (χ0v) is 18.0. The topological polar surface area (TPSA) is 100 Å². The number of nitrogens with zero attached hydrogens (tertiary/aromatic N) is 4. The van der Waals surface area contributed by atoms with Crippen LogP contribution in [0.4, 0.5) is 5.82 Å². The summed E-state index contributed by atoms with van der Waals surface area (Å²) in [5.41, 5.74) is 0.386. The van der Waals surface area contributed by atoms with Gasteiger partial charge in [0.15, 0.2) is 5.60 Å². The first-order valence-electron chi connectivity index (χ1n) is 9.86. The highest BCUT2D eigenvalue weighted by molar-refractivity contribution is 6.06. The van der Waals surface area contributed by atoms with E-state index in [0.717, 1.165) is 6.42 Å². The van der Waals surface area contributed by atoms with E-state index in [9.17, 15) is 10.1 Å². The lowest BCUT2D eigenvalue weighted by molar-refractivity contribution is 0.0261. The molecule has 0 unspecified atom stereocenters. The molecule has 1 fully saturated rings. The summed E-state index contributed by atoms with van der Waals surface area (Å²) in [5, 5.41) is 12.7. The van der Waals surface area contributed by atoms with Crippen LogP contribution in [0.25, 0.3) is 0 Å². The molecule has 2 atom stereocenters. The molecule has 30 heavy (non-hydrogen) atoms. The Kier molecular flexibility index (Phi) is 6.22. The molecule has 158 valence electrons. The number of pyridine rings is 2. The SMILES string of the molecule is COc1ccc(C(=O)[C@@]2(Oc3nccc(C#N)c3C)CC[C@@H](C)NC2)c(N(C)C)n1. The number of piperidine rings is 1. The Morgan fingerprint density at radius 2 is 2.13 bits per heavy atom. The van der Waals surface area contributed by atoms with Gasteiger partial charge in [-0.15, -0.1) is 0 Å². The Bertz CT molecular complexity index is 975. The standard InChI is InChI=1S/C22H27N5O3/c1-14-8-10-22(13-25-14,30-21-15(2)16(12-23)9-11-24-21)19(28)17-6-7-18(29-5)26-20(17)27(3)4/h6-7,9,11,14,25H,8,10,13H2,1-5H3/t14-,22-/m1/s1. The van der Waals surface area contributed by atoms with Gasteiger partial charge in [-0.2, -0.15) is 10.2 Å². The lowest BCUT2D eigenvalue weighted by Crippen LogP contribution is -2.58. The van der Waals surface area contributed by atoms with Gasteiger partial charge in [0.25, 0.3) is 0 Å². The van der Waals surface area contributed by atoms with Gasteiger partial charge < -0.3 is 19.7 Å². The number of carbonyl (C=O) groups excluding carboxylic acids is 1.